The predicted octanol–water partition coefficient (Wildman–Crippen LogP) is 0.370. The van der Waals surface area contributed by atoms with Gasteiger partial charge in [-0.1, -0.05) is 0 Å². The van der Waals surface area contributed by atoms with Crippen LogP contribution in [0.15, 0.2) is 28.7 Å². The molecule has 12 nitrogen and oxygen atoms in total. The van der Waals surface area contributed by atoms with Crippen molar-refractivity contribution in [3.8, 4) is 5.75 Å². The third kappa shape index (κ3) is 4.48. The molecule has 0 saturated carbocycles. The minimum atomic E-state index is -2.65. The van der Waals surface area contributed by atoms with Gasteiger partial charge in [-0.25, -0.2) is 0 Å². The Morgan fingerprint density at radius 2 is 1.79 bits per heavy atom. The lowest BCUT2D eigenvalue weighted by molar-refractivity contribution is -0.148. The molecular formula is C30H41N5O7. The van der Waals surface area contributed by atoms with Gasteiger partial charge in [0, 0.05) is 49.4 Å². The number of primary amides is 1. The molecule has 4 aliphatic rings. The van der Waals surface area contributed by atoms with Crippen molar-refractivity contribution < 1.29 is 34.8 Å². The quantitative estimate of drug-likeness (QED) is 0.255. The molecule has 0 bridgehead atoms. The number of aliphatic hydroxyl groups is 3. The molecule has 1 aliphatic heterocycles. The van der Waals surface area contributed by atoms with Crippen LogP contribution < -0.4 is 16.0 Å². The van der Waals surface area contributed by atoms with Gasteiger partial charge in [-0.05, 0) is 77.5 Å². The van der Waals surface area contributed by atoms with Gasteiger partial charge in [0.15, 0.2) is 11.4 Å². The predicted molar refractivity (Wildman–Crippen MR) is 155 cm³/mol. The van der Waals surface area contributed by atoms with E-state index in [1.807, 2.05) is 25.1 Å². The number of fused-ring (bicyclic) bond motifs is 3. The number of anilines is 1. The van der Waals surface area contributed by atoms with Gasteiger partial charge in [0.05, 0.1) is 11.6 Å². The number of benzene rings is 1. The Morgan fingerprint density at radius 1 is 1.14 bits per heavy atom. The van der Waals surface area contributed by atoms with Crippen LogP contribution in [0.2, 0.25) is 0 Å². The average molecular weight is 584 g/mol. The van der Waals surface area contributed by atoms with Crippen molar-refractivity contribution in [1.82, 2.24) is 15.1 Å². The third-order valence-corrected chi connectivity index (χ3v) is 9.56. The van der Waals surface area contributed by atoms with Crippen molar-refractivity contribution in [1.29, 1.82) is 0 Å². The zero-order valence-corrected chi connectivity index (χ0v) is 24.8. The number of nitrogens with zero attached hydrogens (tertiary/aromatic N) is 3. The summed E-state index contributed by atoms with van der Waals surface area (Å²) in [5.41, 5.74) is 3.70. The highest BCUT2D eigenvalue weighted by molar-refractivity contribution is 6.24. The molecule has 0 radical (unpaired) electrons. The molecule has 3 aliphatic carbocycles. The number of amides is 1. The SMILES string of the molecule is CN1CCC(NCc2cc(N(C)C)c3c(c2O)C(=O)C2=C(O)[C@]4(O)C(=O)C(C(N)=O)=C(O)C(N(C)C)[C@@H]4C[C@@H]2C3)CC1. The molecule has 1 heterocycles. The summed E-state index contributed by atoms with van der Waals surface area (Å²) in [6.07, 6.45) is 2.23. The van der Waals surface area contributed by atoms with E-state index >= 15 is 0 Å². The number of likely N-dealkylation sites (N-methyl/N-ethyl adjacent to an activating group) is 1. The number of hydrogen-bond donors (Lipinski definition) is 6. The van der Waals surface area contributed by atoms with E-state index < -0.39 is 58.0 Å². The molecular weight excluding hydrogens is 542 g/mol. The lowest BCUT2D eigenvalue weighted by atomic mass is 9.58. The van der Waals surface area contributed by atoms with E-state index in [4.69, 9.17) is 5.73 Å². The molecule has 7 N–H and O–H groups in total. The second-order valence-electron chi connectivity index (χ2n) is 12.6. The van der Waals surface area contributed by atoms with E-state index in [0.717, 1.165) is 31.6 Å². The molecule has 1 saturated heterocycles. The number of hydrogen-bond acceptors (Lipinski definition) is 11. The molecule has 12 heteroatoms. The number of aliphatic hydroxyl groups excluding tert-OH is 2. The molecule has 0 aromatic heterocycles. The smallest absolute Gasteiger partial charge is 0.255 e. The van der Waals surface area contributed by atoms with Crippen LogP contribution in [0.25, 0.3) is 0 Å². The zero-order chi connectivity index (χ0) is 30.8. The van der Waals surface area contributed by atoms with Gasteiger partial charge >= 0.3 is 0 Å². The minimum Gasteiger partial charge on any atom is -0.510 e. The number of phenols is 1. The number of Topliss-reactive ketones (excluding diaryl/α,β-unsaturated/α-hetero) is 2. The van der Waals surface area contributed by atoms with Crippen LogP contribution in [0.5, 0.6) is 5.75 Å². The van der Waals surface area contributed by atoms with Crippen molar-refractivity contribution in [3.05, 3.63) is 45.4 Å². The van der Waals surface area contributed by atoms with Gasteiger partial charge < -0.3 is 41.3 Å². The fraction of sp³-hybridized carbons (Fsp3) is 0.567. The summed E-state index contributed by atoms with van der Waals surface area (Å²) in [5, 5.41) is 49.2. The molecule has 1 unspecified atom stereocenters. The first-order chi connectivity index (χ1) is 19.7. The minimum absolute atomic E-state index is 0.0298. The van der Waals surface area contributed by atoms with Crippen molar-refractivity contribution in [2.75, 3.05) is 53.2 Å². The van der Waals surface area contributed by atoms with E-state index in [2.05, 4.69) is 17.3 Å². The highest BCUT2D eigenvalue weighted by Crippen LogP contribution is 2.53. The summed E-state index contributed by atoms with van der Waals surface area (Å²) in [6, 6.07) is 1.12. The second-order valence-corrected chi connectivity index (χ2v) is 12.6. The lowest BCUT2D eigenvalue weighted by Crippen LogP contribution is -2.63. The summed E-state index contributed by atoms with van der Waals surface area (Å²) >= 11 is 0. The van der Waals surface area contributed by atoms with Gasteiger partial charge in [-0.3, -0.25) is 19.3 Å². The summed E-state index contributed by atoms with van der Waals surface area (Å²) in [7, 11) is 9.00. The highest BCUT2D eigenvalue weighted by atomic mass is 16.3. The van der Waals surface area contributed by atoms with Crippen LogP contribution in [-0.4, -0.2) is 114 Å². The van der Waals surface area contributed by atoms with E-state index in [-0.39, 0.29) is 35.8 Å². The van der Waals surface area contributed by atoms with Crippen LogP contribution >= 0.6 is 0 Å². The Bertz CT molecular complexity index is 1410. The standard InChI is InChI=1S/C30H41N5O7/c1-33(2)19-12-15(13-32-16-6-8-35(5)9-7-16)24(36)21-17(19)10-14-11-18-23(34(3)4)26(38)22(29(31)41)28(40)30(18,42)27(39)20(14)25(21)37/h12,14,16,18,23,32,36,38-39,42H,6-11,13H2,1-5H3,(H2,31,41)/t14-,18-,23?,30-/m0/s1. The first kappa shape index (κ1) is 30.0. The fourth-order valence-corrected chi connectivity index (χ4v) is 7.35. The van der Waals surface area contributed by atoms with Crippen LogP contribution in [0.3, 0.4) is 0 Å². The van der Waals surface area contributed by atoms with E-state index in [9.17, 15) is 34.8 Å². The maximum absolute atomic E-state index is 14.2. The van der Waals surface area contributed by atoms with Crippen molar-refractivity contribution in [2.45, 2.75) is 49.9 Å². The van der Waals surface area contributed by atoms with Crippen molar-refractivity contribution in [2.24, 2.45) is 17.6 Å². The number of carbonyl (C=O) groups is 3. The summed E-state index contributed by atoms with van der Waals surface area (Å²) in [5.74, 6) is -6.48. The molecule has 1 aromatic carbocycles. The van der Waals surface area contributed by atoms with Gasteiger partial charge in [-0.15, -0.1) is 0 Å². The number of likely N-dealkylation sites (tertiary alicyclic amines) is 1. The highest BCUT2D eigenvalue weighted by Gasteiger charge is 2.63. The van der Waals surface area contributed by atoms with Crippen LogP contribution in [0.4, 0.5) is 5.69 Å². The first-order valence-corrected chi connectivity index (χ1v) is 14.3. The maximum Gasteiger partial charge on any atom is 0.255 e. The number of allylic oxidation sites excluding steroid dienone is 1. The lowest BCUT2D eigenvalue weighted by Gasteiger charge is -2.50. The van der Waals surface area contributed by atoms with Crippen LogP contribution in [0, 0.1) is 11.8 Å². The Balaban J connectivity index is 1.60. The molecule has 4 atom stereocenters. The normalized spacial score (nSPS) is 28.6. The number of rotatable bonds is 6. The summed E-state index contributed by atoms with van der Waals surface area (Å²) < 4.78 is 0. The number of phenolic OH excluding ortho intramolecular Hbond substituents is 1. The van der Waals surface area contributed by atoms with Crippen LogP contribution in [0.1, 0.15) is 40.7 Å². The van der Waals surface area contributed by atoms with E-state index in [1.54, 1.807) is 14.1 Å². The summed E-state index contributed by atoms with van der Waals surface area (Å²) in [4.78, 5) is 45.5. The van der Waals surface area contributed by atoms with Crippen LogP contribution in [-0.2, 0) is 22.6 Å². The molecule has 5 rings (SSSR count). The van der Waals surface area contributed by atoms with Gasteiger partial charge in [0.25, 0.3) is 5.91 Å². The Morgan fingerprint density at radius 3 is 2.36 bits per heavy atom. The molecule has 1 amide bonds. The Labute approximate surface area is 245 Å². The van der Waals surface area contributed by atoms with Crippen molar-refractivity contribution >= 4 is 23.2 Å². The Hall–Kier alpha value is -3.45. The topological polar surface area (TPSA) is 180 Å². The maximum atomic E-state index is 14.2. The molecule has 1 fully saturated rings. The number of nitrogens with one attached hydrogen (secondary N) is 1. The van der Waals surface area contributed by atoms with E-state index in [1.165, 1.54) is 4.90 Å². The third-order valence-electron chi connectivity index (χ3n) is 9.56. The van der Waals surface area contributed by atoms with E-state index in [0.29, 0.717) is 17.7 Å². The molecule has 0 spiro atoms. The fourth-order valence-electron chi connectivity index (χ4n) is 7.35. The van der Waals surface area contributed by atoms with Crippen molar-refractivity contribution in [3.63, 3.8) is 0 Å². The summed E-state index contributed by atoms with van der Waals surface area (Å²) in [6.45, 7) is 2.26. The monoisotopic (exact) mass is 583 g/mol. The number of piperidine rings is 1. The largest absolute Gasteiger partial charge is 0.510 e. The number of ketones is 2. The van der Waals surface area contributed by atoms with Gasteiger partial charge in [0.1, 0.15) is 22.8 Å². The number of aromatic hydroxyl groups is 1. The van der Waals surface area contributed by atoms with Gasteiger partial charge in [0.2, 0.25) is 5.78 Å². The molecule has 1 aromatic rings. The Kier molecular flexibility index (Phi) is 7.63. The average Bonchev–Trinajstić information content (AvgIpc) is 2.90. The molecule has 228 valence electrons. The second kappa shape index (κ2) is 10.7. The first-order valence-electron chi connectivity index (χ1n) is 14.3. The number of nitrogens with two attached hydrogens (primary N) is 1. The van der Waals surface area contributed by atoms with Gasteiger partial charge in [-0.2, -0.15) is 0 Å². The zero-order valence-electron chi connectivity index (χ0n) is 24.8. The molecule has 42 heavy (non-hydrogen) atoms. The number of carbonyl (C=O) groups excluding carboxylic acids is 3.